The molecule has 1 saturated heterocycles. The highest BCUT2D eigenvalue weighted by Crippen LogP contribution is 2.21. The molecule has 1 aromatic heterocycles. The molecule has 132 valence electrons. The third-order valence-corrected chi connectivity index (χ3v) is 5.28. The summed E-state index contributed by atoms with van der Waals surface area (Å²) >= 11 is 0. The minimum atomic E-state index is -0.125. The van der Waals surface area contributed by atoms with Gasteiger partial charge < -0.3 is 10.6 Å². The van der Waals surface area contributed by atoms with Gasteiger partial charge in [-0.15, -0.1) is 5.10 Å². The lowest BCUT2D eigenvalue weighted by molar-refractivity contribution is 0.0933. The summed E-state index contributed by atoms with van der Waals surface area (Å²) in [5.41, 5.74) is 3.07. The highest BCUT2D eigenvalue weighted by molar-refractivity contribution is 5.92. The number of nitrogens with zero attached hydrogens (tertiary/aromatic N) is 3. The molecule has 2 aliphatic rings. The second-order valence-corrected chi connectivity index (χ2v) is 7.15. The molecule has 1 fully saturated rings. The number of aromatic nitrogens is 3. The van der Waals surface area contributed by atoms with Crippen LogP contribution in [0.5, 0.6) is 0 Å². The van der Waals surface area contributed by atoms with Crippen molar-refractivity contribution in [1.29, 1.82) is 0 Å². The number of hydrogen-bond donors (Lipinski definition) is 2. The molecule has 1 amide bonds. The van der Waals surface area contributed by atoms with Gasteiger partial charge in [0.2, 0.25) is 0 Å². The largest absolute Gasteiger partial charge is 0.347 e. The summed E-state index contributed by atoms with van der Waals surface area (Å²) in [7, 11) is 0. The van der Waals surface area contributed by atoms with Crippen molar-refractivity contribution in [3.8, 4) is 0 Å². The van der Waals surface area contributed by atoms with Gasteiger partial charge in [-0.3, -0.25) is 9.48 Å². The zero-order valence-corrected chi connectivity index (χ0v) is 14.4. The number of aryl methyl sites for hydroxylation is 1. The van der Waals surface area contributed by atoms with Crippen LogP contribution in [0.1, 0.15) is 47.3 Å². The van der Waals surface area contributed by atoms with Crippen LogP contribution >= 0.6 is 0 Å². The van der Waals surface area contributed by atoms with Crippen molar-refractivity contribution in [2.24, 2.45) is 0 Å². The highest BCUT2D eigenvalue weighted by atomic mass is 16.2. The fraction of sp³-hybridized carbons (Fsp3) is 0.526. The van der Waals surface area contributed by atoms with Gasteiger partial charge in [-0.05, 0) is 49.8 Å². The number of piperidine rings is 1. The Kier molecular flexibility index (Phi) is 4.78. The predicted molar refractivity (Wildman–Crippen MR) is 95.4 cm³/mol. The van der Waals surface area contributed by atoms with E-state index in [1.807, 2.05) is 0 Å². The maximum absolute atomic E-state index is 12.4. The molecule has 1 aromatic carbocycles. The van der Waals surface area contributed by atoms with E-state index in [1.165, 1.54) is 30.4 Å². The summed E-state index contributed by atoms with van der Waals surface area (Å²) in [6.07, 6.45) is 8.38. The third-order valence-electron chi connectivity index (χ3n) is 5.28. The minimum Gasteiger partial charge on any atom is -0.347 e. The van der Waals surface area contributed by atoms with Gasteiger partial charge in [0.05, 0.1) is 6.20 Å². The standard InChI is InChI=1S/C19H25N5O/c25-19(21-17-11-14-5-1-2-6-15(14)12-17)18-13-24(23-22-18)10-8-16-7-3-4-9-20-16/h1-2,5-6,13,16-17,20H,3-4,7-12H2,(H,21,25)/t16-/m0/s1. The molecule has 6 heteroatoms. The fourth-order valence-electron chi connectivity index (χ4n) is 3.89. The molecule has 1 aliphatic heterocycles. The fourth-order valence-corrected chi connectivity index (χ4v) is 3.89. The number of carbonyl (C=O) groups excluding carboxylic acids is 1. The number of hydrogen-bond acceptors (Lipinski definition) is 4. The van der Waals surface area contributed by atoms with Gasteiger partial charge in [0.25, 0.3) is 5.91 Å². The Morgan fingerprint density at radius 2 is 2.04 bits per heavy atom. The quantitative estimate of drug-likeness (QED) is 0.870. The van der Waals surface area contributed by atoms with Crippen molar-refractivity contribution in [3.63, 3.8) is 0 Å². The van der Waals surface area contributed by atoms with Crippen LogP contribution in [0, 0.1) is 0 Å². The zero-order chi connectivity index (χ0) is 17.1. The molecule has 1 atom stereocenters. The van der Waals surface area contributed by atoms with Gasteiger partial charge >= 0.3 is 0 Å². The van der Waals surface area contributed by atoms with Crippen molar-refractivity contribution in [1.82, 2.24) is 25.6 Å². The SMILES string of the molecule is O=C(NC1Cc2ccccc2C1)c1cn(CC[C@@H]2CCCCN2)nn1. The molecule has 2 N–H and O–H groups in total. The first-order chi connectivity index (χ1) is 12.3. The molecule has 2 heterocycles. The Bertz CT molecular complexity index is 710. The first-order valence-corrected chi connectivity index (χ1v) is 9.29. The summed E-state index contributed by atoms with van der Waals surface area (Å²) in [6, 6.07) is 9.09. The maximum atomic E-state index is 12.4. The summed E-state index contributed by atoms with van der Waals surface area (Å²) in [4.78, 5) is 12.4. The molecule has 0 saturated carbocycles. The number of amides is 1. The van der Waals surface area contributed by atoms with E-state index in [-0.39, 0.29) is 11.9 Å². The molecule has 0 bridgehead atoms. The number of benzene rings is 1. The summed E-state index contributed by atoms with van der Waals surface area (Å²) < 4.78 is 1.79. The van der Waals surface area contributed by atoms with Gasteiger partial charge in [0.1, 0.15) is 0 Å². The van der Waals surface area contributed by atoms with E-state index >= 15 is 0 Å². The van der Waals surface area contributed by atoms with Gasteiger partial charge in [-0.2, -0.15) is 0 Å². The Morgan fingerprint density at radius 1 is 1.24 bits per heavy atom. The van der Waals surface area contributed by atoms with E-state index in [2.05, 4.69) is 45.2 Å². The van der Waals surface area contributed by atoms with Crippen LogP contribution in [0.2, 0.25) is 0 Å². The first-order valence-electron chi connectivity index (χ1n) is 9.29. The van der Waals surface area contributed by atoms with Gasteiger partial charge in [0.15, 0.2) is 5.69 Å². The smallest absolute Gasteiger partial charge is 0.273 e. The van der Waals surface area contributed by atoms with Crippen LogP contribution in [0.15, 0.2) is 30.5 Å². The van der Waals surface area contributed by atoms with Crippen LogP contribution in [0.3, 0.4) is 0 Å². The summed E-state index contributed by atoms with van der Waals surface area (Å²) in [6.45, 7) is 1.91. The van der Waals surface area contributed by atoms with E-state index in [1.54, 1.807) is 10.9 Å². The lowest BCUT2D eigenvalue weighted by atomic mass is 10.0. The second kappa shape index (κ2) is 7.35. The van der Waals surface area contributed by atoms with Crippen molar-refractivity contribution in [3.05, 3.63) is 47.3 Å². The van der Waals surface area contributed by atoms with E-state index in [0.29, 0.717) is 11.7 Å². The van der Waals surface area contributed by atoms with Gasteiger partial charge in [-0.1, -0.05) is 35.9 Å². The van der Waals surface area contributed by atoms with Crippen molar-refractivity contribution >= 4 is 5.91 Å². The lowest BCUT2D eigenvalue weighted by Gasteiger charge is -2.23. The Morgan fingerprint density at radius 3 is 2.76 bits per heavy atom. The number of nitrogens with one attached hydrogen (secondary N) is 2. The third kappa shape index (κ3) is 3.90. The van der Waals surface area contributed by atoms with Crippen LogP contribution < -0.4 is 10.6 Å². The molecule has 4 rings (SSSR count). The number of fused-ring (bicyclic) bond motifs is 1. The first kappa shape index (κ1) is 16.3. The number of rotatable bonds is 5. The van der Waals surface area contributed by atoms with E-state index < -0.39 is 0 Å². The minimum absolute atomic E-state index is 0.125. The van der Waals surface area contributed by atoms with Gasteiger partial charge in [-0.25, -0.2) is 0 Å². The van der Waals surface area contributed by atoms with E-state index in [0.717, 1.165) is 32.4 Å². The van der Waals surface area contributed by atoms with Crippen molar-refractivity contribution in [2.45, 2.75) is 57.2 Å². The monoisotopic (exact) mass is 339 g/mol. The Labute approximate surface area is 148 Å². The predicted octanol–water partition coefficient (Wildman–Crippen LogP) is 1.71. The molecule has 25 heavy (non-hydrogen) atoms. The normalized spacial score (nSPS) is 20.4. The van der Waals surface area contributed by atoms with Crippen molar-refractivity contribution in [2.75, 3.05) is 6.54 Å². The average Bonchev–Trinajstić information content (AvgIpc) is 3.27. The molecule has 2 aromatic rings. The average molecular weight is 339 g/mol. The van der Waals surface area contributed by atoms with Crippen LogP contribution in [0.25, 0.3) is 0 Å². The molecule has 0 unspecified atom stereocenters. The topological polar surface area (TPSA) is 71.8 Å². The molecule has 6 nitrogen and oxygen atoms in total. The highest BCUT2D eigenvalue weighted by Gasteiger charge is 2.24. The molecule has 0 radical (unpaired) electrons. The molecular formula is C19H25N5O. The summed E-state index contributed by atoms with van der Waals surface area (Å²) in [5.74, 6) is -0.125. The Hall–Kier alpha value is -2.21. The van der Waals surface area contributed by atoms with Crippen molar-refractivity contribution < 1.29 is 4.79 Å². The maximum Gasteiger partial charge on any atom is 0.273 e. The number of carbonyl (C=O) groups is 1. The lowest BCUT2D eigenvalue weighted by Crippen LogP contribution is -2.35. The van der Waals surface area contributed by atoms with Crippen LogP contribution in [-0.4, -0.2) is 39.5 Å². The summed E-state index contributed by atoms with van der Waals surface area (Å²) in [5, 5.41) is 14.8. The molecular weight excluding hydrogens is 314 g/mol. The van der Waals surface area contributed by atoms with Gasteiger partial charge in [0, 0.05) is 18.6 Å². The Balaban J connectivity index is 1.29. The molecule has 1 aliphatic carbocycles. The van der Waals surface area contributed by atoms with Crippen LogP contribution in [0.4, 0.5) is 0 Å². The van der Waals surface area contributed by atoms with E-state index in [9.17, 15) is 4.79 Å². The zero-order valence-electron chi connectivity index (χ0n) is 14.4. The molecule has 0 spiro atoms. The second-order valence-electron chi connectivity index (χ2n) is 7.15. The van der Waals surface area contributed by atoms with Crippen LogP contribution in [-0.2, 0) is 19.4 Å². The van der Waals surface area contributed by atoms with E-state index in [4.69, 9.17) is 0 Å².